The maximum Gasteiger partial charge on any atom is 0.286 e. The molecule has 1 rings (SSSR count). The molecule has 0 aliphatic heterocycles. The third-order valence-corrected chi connectivity index (χ3v) is 1.55. The zero-order chi connectivity index (χ0) is 9.14. The van der Waals surface area contributed by atoms with Crippen molar-refractivity contribution in [2.45, 2.75) is 0 Å². The Morgan fingerprint density at radius 1 is 1.58 bits per heavy atom. The first kappa shape index (κ1) is 8.57. The number of terminal acetylenes is 1. The van der Waals surface area contributed by atoms with E-state index in [1.165, 1.54) is 18.2 Å². The van der Waals surface area contributed by atoms with E-state index < -0.39 is 4.92 Å². The van der Waals surface area contributed by atoms with Crippen LogP contribution in [0.15, 0.2) is 18.2 Å². The average Bonchev–Trinajstić information content (AvgIpc) is 2.04. The summed E-state index contributed by atoms with van der Waals surface area (Å²) in [5, 5.41) is 10.7. The highest BCUT2D eigenvalue weighted by molar-refractivity contribution is 6.30. The highest BCUT2D eigenvalue weighted by Gasteiger charge is 2.11. The van der Waals surface area contributed by atoms with Gasteiger partial charge in [-0.15, -0.1) is 6.42 Å². The first-order valence-electron chi connectivity index (χ1n) is 3.05. The van der Waals surface area contributed by atoms with Crippen LogP contribution in [0.2, 0.25) is 5.02 Å². The quantitative estimate of drug-likeness (QED) is 0.379. The van der Waals surface area contributed by atoms with Crippen LogP contribution >= 0.6 is 11.6 Å². The van der Waals surface area contributed by atoms with Gasteiger partial charge in [0.2, 0.25) is 0 Å². The van der Waals surface area contributed by atoms with Gasteiger partial charge in [-0.2, -0.15) is 0 Å². The lowest BCUT2D eigenvalue weighted by Crippen LogP contribution is -1.91. The number of benzene rings is 1. The van der Waals surface area contributed by atoms with Crippen molar-refractivity contribution in [3.05, 3.63) is 38.9 Å². The molecule has 0 radical (unpaired) electrons. The zero-order valence-corrected chi connectivity index (χ0v) is 6.71. The second-order valence-corrected chi connectivity index (χ2v) is 2.50. The summed E-state index contributed by atoms with van der Waals surface area (Å²) in [4.78, 5) is 9.83. The van der Waals surface area contributed by atoms with Crippen molar-refractivity contribution in [3.8, 4) is 12.3 Å². The van der Waals surface area contributed by atoms with E-state index in [2.05, 4.69) is 5.92 Å². The molecule has 1 aromatic rings. The van der Waals surface area contributed by atoms with Gasteiger partial charge in [0.15, 0.2) is 0 Å². The Labute approximate surface area is 74.1 Å². The van der Waals surface area contributed by atoms with Gasteiger partial charge in [0.1, 0.15) is 5.56 Å². The van der Waals surface area contributed by atoms with Crippen LogP contribution in [0.1, 0.15) is 5.56 Å². The molecular weight excluding hydrogens is 178 g/mol. The van der Waals surface area contributed by atoms with Gasteiger partial charge in [-0.05, 0) is 12.1 Å². The molecule has 0 spiro atoms. The minimum absolute atomic E-state index is 0.134. The third-order valence-electron chi connectivity index (χ3n) is 1.31. The van der Waals surface area contributed by atoms with E-state index in [0.29, 0.717) is 5.02 Å². The number of hydrogen-bond acceptors (Lipinski definition) is 2. The molecule has 0 saturated carbocycles. The second kappa shape index (κ2) is 3.24. The Kier molecular flexibility index (Phi) is 2.32. The van der Waals surface area contributed by atoms with Crippen LogP contribution < -0.4 is 0 Å². The molecular formula is C8H4ClNO2. The van der Waals surface area contributed by atoms with Crippen molar-refractivity contribution in [3.63, 3.8) is 0 Å². The van der Waals surface area contributed by atoms with Gasteiger partial charge in [0.05, 0.1) is 4.92 Å². The predicted molar refractivity (Wildman–Crippen MR) is 46.0 cm³/mol. The van der Waals surface area contributed by atoms with Crippen LogP contribution in [0.3, 0.4) is 0 Å². The van der Waals surface area contributed by atoms with Crippen molar-refractivity contribution >= 4 is 17.3 Å². The number of rotatable bonds is 1. The monoisotopic (exact) mass is 181 g/mol. The Hall–Kier alpha value is -1.53. The first-order chi connectivity index (χ1) is 5.65. The number of halogens is 1. The number of hydrogen-bond donors (Lipinski definition) is 0. The molecule has 60 valence electrons. The molecule has 12 heavy (non-hydrogen) atoms. The fourth-order valence-corrected chi connectivity index (χ4v) is 0.944. The van der Waals surface area contributed by atoms with E-state index in [9.17, 15) is 10.1 Å². The third kappa shape index (κ3) is 1.55. The smallest absolute Gasteiger partial charge is 0.258 e. The highest BCUT2D eigenvalue weighted by atomic mass is 35.5. The topological polar surface area (TPSA) is 43.1 Å². The fourth-order valence-electron chi connectivity index (χ4n) is 0.778. The normalized spacial score (nSPS) is 9.00. The van der Waals surface area contributed by atoms with Crippen LogP contribution in [0.5, 0.6) is 0 Å². The largest absolute Gasteiger partial charge is 0.286 e. The molecule has 0 fully saturated rings. The number of nitrogens with zero attached hydrogens (tertiary/aromatic N) is 1. The van der Waals surface area contributed by atoms with Crippen LogP contribution in [-0.4, -0.2) is 4.92 Å². The number of nitro benzene ring substituents is 1. The van der Waals surface area contributed by atoms with Gasteiger partial charge < -0.3 is 0 Å². The molecule has 0 aliphatic rings. The van der Waals surface area contributed by atoms with Gasteiger partial charge in [0, 0.05) is 11.1 Å². The zero-order valence-electron chi connectivity index (χ0n) is 5.95. The lowest BCUT2D eigenvalue weighted by molar-refractivity contribution is -0.385. The number of nitro groups is 1. The summed E-state index contributed by atoms with van der Waals surface area (Å²) in [5.74, 6) is 2.20. The summed E-state index contributed by atoms with van der Waals surface area (Å²) >= 11 is 5.54. The van der Waals surface area contributed by atoms with Gasteiger partial charge in [-0.25, -0.2) is 0 Å². The summed E-state index contributed by atoms with van der Waals surface area (Å²) in [7, 11) is 0. The summed E-state index contributed by atoms with van der Waals surface area (Å²) in [5.41, 5.74) is 0.106. The van der Waals surface area contributed by atoms with Gasteiger partial charge in [-0.1, -0.05) is 17.5 Å². The fraction of sp³-hybridized carbons (Fsp3) is 0. The minimum Gasteiger partial charge on any atom is -0.258 e. The molecule has 4 heteroatoms. The SMILES string of the molecule is C#Cc1ccc(Cl)cc1[N+](=O)[O-]. The van der Waals surface area contributed by atoms with Crippen molar-refractivity contribution in [1.29, 1.82) is 0 Å². The predicted octanol–water partition coefficient (Wildman–Crippen LogP) is 2.23. The maximum atomic E-state index is 10.4. The maximum absolute atomic E-state index is 10.4. The molecule has 0 atom stereocenters. The van der Waals surface area contributed by atoms with Crippen LogP contribution in [0.4, 0.5) is 5.69 Å². The molecule has 0 aromatic heterocycles. The van der Waals surface area contributed by atoms with E-state index >= 15 is 0 Å². The van der Waals surface area contributed by atoms with E-state index in [4.69, 9.17) is 18.0 Å². The Morgan fingerprint density at radius 2 is 2.25 bits per heavy atom. The molecule has 1 aromatic carbocycles. The van der Waals surface area contributed by atoms with E-state index in [0.717, 1.165) is 0 Å². The van der Waals surface area contributed by atoms with E-state index in [-0.39, 0.29) is 11.3 Å². The summed E-state index contributed by atoms with van der Waals surface area (Å²) in [6, 6.07) is 4.20. The molecule has 0 heterocycles. The summed E-state index contributed by atoms with van der Waals surface area (Å²) < 4.78 is 0. The lowest BCUT2D eigenvalue weighted by Gasteiger charge is -1.94. The average molecular weight is 182 g/mol. The second-order valence-electron chi connectivity index (χ2n) is 2.06. The summed E-state index contributed by atoms with van der Waals surface area (Å²) in [6.07, 6.45) is 5.04. The molecule has 0 saturated heterocycles. The van der Waals surface area contributed by atoms with Crippen LogP contribution in [0, 0.1) is 22.5 Å². The van der Waals surface area contributed by atoms with Crippen LogP contribution in [0.25, 0.3) is 0 Å². The van der Waals surface area contributed by atoms with E-state index in [1.54, 1.807) is 0 Å². The Bertz CT molecular complexity index is 368. The van der Waals surface area contributed by atoms with Gasteiger partial charge in [-0.3, -0.25) is 10.1 Å². The Morgan fingerprint density at radius 3 is 2.75 bits per heavy atom. The minimum atomic E-state index is -0.554. The molecule has 0 unspecified atom stereocenters. The van der Waals surface area contributed by atoms with Crippen molar-refractivity contribution < 1.29 is 4.92 Å². The van der Waals surface area contributed by atoms with Crippen molar-refractivity contribution in [2.75, 3.05) is 0 Å². The van der Waals surface area contributed by atoms with Crippen molar-refractivity contribution in [2.24, 2.45) is 0 Å². The molecule has 0 aliphatic carbocycles. The summed E-state index contributed by atoms with van der Waals surface area (Å²) in [6.45, 7) is 0. The Balaban J connectivity index is 3.34. The highest BCUT2D eigenvalue weighted by Crippen LogP contribution is 2.21. The molecule has 0 N–H and O–H groups in total. The van der Waals surface area contributed by atoms with Gasteiger partial charge >= 0.3 is 0 Å². The van der Waals surface area contributed by atoms with Crippen molar-refractivity contribution in [1.82, 2.24) is 0 Å². The molecule has 0 amide bonds. The lowest BCUT2D eigenvalue weighted by atomic mass is 10.2. The van der Waals surface area contributed by atoms with Crippen LogP contribution in [-0.2, 0) is 0 Å². The molecule has 3 nitrogen and oxygen atoms in total. The molecule has 0 bridgehead atoms. The van der Waals surface area contributed by atoms with Gasteiger partial charge in [0.25, 0.3) is 5.69 Å². The first-order valence-corrected chi connectivity index (χ1v) is 3.43. The standard InChI is InChI=1S/C8H4ClNO2/c1-2-6-3-4-7(9)5-8(6)10(11)12/h1,3-5H. The van der Waals surface area contributed by atoms with E-state index in [1.807, 2.05) is 0 Å².